The van der Waals surface area contributed by atoms with E-state index >= 15 is 0 Å². The van der Waals surface area contributed by atoms with Crippen LogP contribution < -0.4 is 10.6 Å². The second kappa shape index (κ2) is 8.09. The number of carboxylic acids is 1. The summed E-state index contributed by atoms with van der Waals surface area (Å²) in [5.41, 5.74) is -0.547. The molecule has 3 N–H and O–H groups in total. The zero-order valence-electron chi connectivity index (χ0n) is 12.4. The molecule has 0 spiro atoms. The Hall–Kier alpha value is -1.30. The van der Waals surface area contributed by atoms with E-state index in [1.54, 1.807) is 0 Å². The Labute approximate surface area is 120 Å². The standard InChI is InChI=1S/C14H26N2O4/c1-11(2)4-8-20-9-7-15-13(19)16-14(5-3-6-14)10-12(17)18/h11H,3-10H2,1-2H3,(H,17,18)(H2,15,16,19). The zero-order chi connectivity index (χ0) is 15.0. The normalized spacial score (nSPS) is 16.6. The quantitative estimate of drug-likeness (QED) is 0.563. The second-order valence-corrected chi connectivity index (χ2v) is 5.88. The lowest BCUT2D eigenvalue weighted by Gasteiger charge is -2.41. The minimum Gasteiger partial charge on any atom is -0.481 e. The molecule has 20 heavy (non-hydrogen) atoms. The fourth-order valence-electron chi connectivity index (χ4n) is 2.18. The molecule has 0 aromatic carbocycles. The zero-order valence-corrected chi connectivity index (χ0v) is 12.4. The number of urea groups is 1. The Morgan fingerprint density at radius 1 is 1.30 bits per heavy atom. The molecule has 6 nitrogen and oxygen atoms in total. The van der Waals surface area contributed by atoms with Gasteiger partial charge in [-0.1, -0.05) is 13.8 Å². The monoisotopic (exact) mass is 286 g/mol. The van der Waals surface area contributed by atoms with Gasteiger partial charge in [0, 0.05) is 13.2 Å². The van der Waals surface area contributed by atoms with Crippen LogP contribution in [0.25, 0.3) is 0 Å². The molecule has 0 aromatic rings. The van der Waals surface area contributed by atoms with E-state index in [0.29, 0.717) is 25.7 Å². The van der Waals surface area contributed by atoms with E-state index in [1.807, 2.05) is 0 Å². The summed E-state index contributed by atoms with van der Waals surface area (Å²) in [6, 6.07) is -0.307. The third-order valence-corrected chi connectivity index (χ3v) is 3.55. The first-order valence-corrected chi connectivity index (χ1v) is 7.29. The molecule has 0 unspecified atom stereocenters. The van der Waals surface area contributed by atoms with Crippen molar-refractivity contribution >= 4 is 12.0 Å². The van der Waals surface area contributed by atoms with Gasteiger partial charge in [-0.05, 0) is 31.6 Å². The fraction of sp³-hybridized carbons (Fsp3) is 0.857. The van der Waals surface area contributed by atoms with Gasteiger partial charge in [-0.15, -0.1) is 0 Å². The van der Waals surface area contributed by atoms with Crippen LogP contribution in [-0.4, -0.2) is 42.4 Å². The number of ether oxygens (including phenoxy) is 1. The van der Waals surface area contributed by atoms with Crippen LogP contribution in [-0.2, 0) is 9.53 Å². The number of aliphatic carboxylic acids is 1. The third kappa shape index (κ3) is 6.23. The van der Waals surface area contributed by atoms with E-state index in [9.17, 15) is 9.59 Å². The maximum atomic E-state index is 11.7. The molecule has 1 fully saturated rings. The predicted octanol–water partition coefficient (Wildman–Crippen LogP) is 1.75. The van der Waals surface area contributed by atoms with Crippen LogP contribution in [0.5, 0.6) is 0 Å². The first-order chi connectivity index (χ1) is 9.43. The highest BCUT2D eigenvalue weighted by molar-refractivity contribution is 5.77. The van der Waals surface area contributed by atoms with Crippen molar-refractivity contribution in [2.24, 2.45) is 5.92 Å². The summed E-state index contributed by atoms with van der Waals surface area (Å²) in [6.07, 6.45) is 3.43. The Morgan fingerprint density at radius 3 is 2.50 bits per heavy atom. The molecule has 0 radical (unpaired) electrons. The van der Waals surface area contributed by atoms with E-state index in [2.05, 4.69) is 24.5 Å². The minimum absolute atomic E-state index is 0.00862. The molecule has 1 saturated carbocycles. The summed E-state index contributed by atoms with van der Waals surface area (Å²) in [6.45, 7) is 5.88. The van der Waals surface area contributed by atoms with Gasteiger partial charge in [-0.3, -0.25) is 4.79 Å². The smallest absolute Gasteiger partial charge is 0.315 e. The van der Waals surface area contributed by atoms with Crippen LogP contribution in [0.15, 0.2) is 0 Å². The van der Waals surface area contributed by atoms with Gasteiger partial charge in [0.25, 0.3) is 0 Å². The summed E-state index contributed by atoms with van der Waals surface area (Å²) >= 11 is 0. The predicted molar refractivity (Wildman–Crippen MR) is 75.6 cm³/mol. The average Bonchev–Trinajstić information content (AvgIpc) is 2.29. The topological polar surface area (TPSA) is 87.7 Å². The first kappa shape index (κ1) is 16.8. The molecule has 1 rings (SSSR count). The molecule has 1 aliphatic carbocycles. The van der Waals surface area contributed by atoms with Crippen molar-refractivity contribution < 1.29 is 19.4 Å². The van der Waals surface area contributed by atoms with E-state index in [4.69, 9.17) is 9.84 Å². The summed E-state index contributed by atoms with van der Waals surface area (Å²) in [5.74, 6) is -0.261. The van der Waals surface area contributed by atoms with Crippen LogP contribution >= 0.6 is 0 Å². The maximum Gasteiger partial charge on any atom is 0.315 e. The van der Waals surface area contributed by atoms with Crippen molar-refractivity contribution in [2.45, 2.75) is 51.5 Å². The number of hydrogen-bond acceptors (Lipinski definition) is 3. The van der Waals surface area contributed by atoms with Crippen LogP contribution in [0.3, 0.4) is 0 Å². The van der Waals surface area contributed by atoms with Gasteiger partial charge in [0.05, 0.1) is 18.6 Å². The van der Waals surface area contributed by atoms with Gasteiger partial charge in [0.15, 0.2) is 0 Å². The van der Waals surface area contributed by atoms with Crippen LogP contribution in [0.2, 0.25) is 0 Å². The van der Waals surface area contributed by atoms with Crippen molar-refractivity contribution in [3.8, 4) is 0 Å². The van der Waals surface area contributed by atoms with E-state index < -0.39 is 11.5 Å². The van der Waals surface area contributed by atoms with Crippen molar-refractivity contribution in [3.05, 3.63) is 0 Å². The summed E-state index contributed by atoms with van der Waals surface area (Å²) in [7, 11) is 0. The Kier molecular flexibility index (Phi) is 6.78. The van der Waals surface area contributed by atoms with Crippen LogP contribution in [0.4, 0.5) is 4.79 Å². The number of carbonyl (C=O) groups is 2. The van der Waals surface area contributed by atoms with E-state index in [-0.39, 0.29) is 12.5 Å². The van der Waals surface area contributed by atoms with Crippen molar-refractivity contribution in [1.82, 2.24) is 10.6 Å². The van der Waals surface area contributed by atoms with Crippen molar-refractivity contribution in [3.63, 3.8) is 0 Å². The molecule has 0 atom stereocenters. The number of rotatable bonds is 9. The molecule has 6 heteroatoms. The van der Waals surface area contributed by atoms with Crippen LogP contribution in [0.1, 0.15) is 46.0 Å². The molecular weight excluding hydrogens is 260 g/mol. The number of carbonyl (C=O) groups excluding carboxylic acids is 1. The van der Waals surface area contributed by atoms with Gasteiger partial charge in [-0.25, -0.2) is 4.79 Å². The lowest BCUT2D eigenvalue weighted by Crippen LogP contribution is -2.57. The average molecular weight is 286 g/mol. The van der Waals surface area contributed by atoms with E-state index in [1.165, 1.54) is 0 Å². The molecule has 0 bridgehead atoms. The number of nitrogens with one attached hydrogen (secondary N) is 2. The van der Waals surface area contributed by atoms with Gasteiger partial charge < -0.3 is 20.5 Å². The molecule has 116 valence electrons. The van der Waals surface area contributed by atoms with Gasteiger partial charge in [-0.2, -0.15) is 0 Å². The Balaban J connectivity index is 2.12. The van der Waals surface area contributed by atoms with Gasteiger partial charge in [0.1, 0.15) is 0 Å². The lowest BCUT2D eigenvalue weighted by molar-refractivity contribution is -0.139. The number of amides is 2. The summed E-state index contributed by atoms with van der Waals surface area (Å²) < 4.78 is 5.39. The molecule has 1 aliphatic rings. The Bertz CT molecular complexity index is 327. The van der Waals surface area contributed by atoms with E-state index in [0.717, 1.165) is 25.7 Å². The molecule has 2 amide bonds. The molecule has 0 aliphatic heterocycles. The molecular formula is C14H26N2O4. The van der Waals surface area contributed by atoms with Gasteiger partial charge in [0.2, 0.25) is 0 Å². The highest BCUT2D eigenvalue weighted by Crippen LogP contribution is 2.34. The number of hydrogen-bond donors (Lipinski definition) is 3. The highest BCUT2D eigenvalue weighted by Gasteiger charge is 2.40. The lowest BCUT2D eigenvalue weighted by atomic mass is 9.74. The van der Waals surface area contributed by atoms with Crippen molar-refractivity contribution in [1.29, 1.82) is 0 Å². The first-order valence-electron chi connectivity index (χ1n) is 7.29. The van der Waals surface area contributed by atoms with Crippen LogP contribution in [0, 0.1) is 5.92 Å². The molecule has 0 aromatic heterocycles. The second-order valence-electron chi connectivity index (χ2n) is 5.88. The Morgan fingerprint density at radius 2 is 2.00 bits per heavy atom. The van der Waals surface area contributed by atoms with Gasteiger partial charge >= 0.3 is 12.0 Å². The fourth-order valence-corrected chi connectivity index (χ4v) is 2.18. The minimum atomic E-state index is -0.873. The molecule has 0 heterocycles. The third-order valence-electron chi connectivity index (χ3n) is 3.55. The van der Waals surface area contributed by atoms with Crippen molar-refractivity contribution in [2.75, 3.05) is 19.8 Å². The SMILES string of the molecule is CC(C)CCOCCNC(=O)NC1(CC(=O)O)CCC1. The summed E-state index contributed by atoms with van der Waals surface area (Å²) in [4.78, 5) is 22.5. The largest absolute Gasteiger partial charge is 0.481 e. The number of carboxylic acid groups (broad SMARTS) is 1. The highest BCUT2D eigenvalue weighted by atomic mass is 16.5. The maximum absolute atomic E-state index is 11.7. The summed E-state index contributed by atoms with van der Waals surface area (Å²) in [5, 5.41) is 14.3. The molecule has 0 saturated heterocycles.